The molecule has 1 aromatic carbocycles. The van der Waals surface area contributed by atoms with Gasteiger partial charge in [0.2, 0.25) is 5.95 Å². The minimum atomic E-state index is -4.94. The third kappa shape index (κ3) is 5.40. The molecule has 1 spiro atoms. The van der Waals surface area contributed by atoms with Crippen LogP contribution in [0.2, 0.25) is 0 Å². The fourth-order valence-electron chi connectivity index (χ4n) is 5.35. The summed E-state index contributed by atoms with van der Waals surface area (Å²) in [6, 6.07) is 4.37. The van der Waals surface area contributed by atoms with Crippen molar-refractivity contribution in [1.82, 2.24) is 24.6 Å². The minimum Gasteiger partial charge on any atom is -0.324 e. The fourth-order valence-corrected chi connectivity index (χ4v) is 7.48. The molecule has 2 aromatic heterocycles. The highest BCUT2D eigenvalue weighted by Gasteiger charge is 2.50. The average Bonchev–Trinajstić information content (AvgIpc) is 3.35. The molecule has 15 heteroatoms. The zero-order valence-corrected chi connectivity index (χ0v) is 22.3. The van der Waals surface area contributed by atoms with Gasteiger partial charge in [0, 0.05) is 23.6 Å². The quantitative estimate of drug-likeness (QED) is 0.392. The van der Waals surface area contributed by atoms with E-state index in [0.29, 0.717) is 42.7 Å². The summed E-state index contributed by atoms with van der Waals surface area (Å²) >= 11 is 0. The Balaban J connectivity index is 1.37. The van der Waals surface area contributed by atoms with E-state index < -0.39 is 49.1 Å². The Morgan fingerprint density at radius 3 is 2.30 bits per heavy atom. The van der Waals surface area contributed by atoms with Crippen LogP contribution in [-0.4, -0.2) is 58.5 Å². The van der Waals surface area contributed by atoms with Gasteiger partial charge in [0.05, 0.1) is 22.0 Å². The number of hydrogen-bond acceptors (Lipinski definition) is 7. The number of aryl methyl sites for hydroxylation is 1. The maximum absolute atomic E-state index is 13.6. The molecule has 0 bridgehead atoms. The van der Waals surface area contributed by atoms with Crippen molar-refractivity contribution in [3.8, 4) is 11.3 Å². The molecule has 8 nitrogen and oxygen atoms in total. The van der Waals surface area contributed by atoms with Gasteiger partial charge in [-0.15, -0.1) is 13.2 Å². The van der Waals surface area contributed by atoms with Gasteiger partial charge in [-0.05, 0) is 81.9 Å². The average molecular weight is 589 g/mol. The Kier molecular flexibility index (Phi) is 6.88. The molecule has 216 valence electrons. The molecular formula is C25H26F6N6O2S. The molecule has 5 rings (SSSR count). The minimum absolute atomic E-state index is 0.0784. The Labute approximate surface area is 226 Å². The smallest absolute Gasteiger partial charge is 0.324 e. The van der Waals surface area contributed by atoms with E-state index in [2.05, 4.69) is 32.3 Å². The van der Waals surface area contributed by atoms with Gasteiger partial charge in [-0.3, -0.25) is 0 Å². The first-order chi connectivity index (χ1) is 18.6. The summed E-state index contributed by atoms with van der Waals surface area (Å²) in [6.07, 6.45) is -5.15. The van der Waals surface area contributed by atoms with E-state index >= 15 is 0 Å². The normalized spacial score (nSPS) is 18.6. The second-order valence-corrected chi connectivity index (χ2v) is 12.8. The van der Waals surface area contributed by atoms with Crippen LogP contribution in [0.1, 0.15) is 36.8 Å². The molecule has 1 saturated carbocycles. The van der Waals surface area contributed by atoms with Crippen LogP contribution < -0.4 is 5.32 Å². The Bertz CT molecular complexity index is 1520. The Morgan fingerprint density at radius 1 is 1.05 bits per heavy atom. The number of piperidine rings is 1. The number of nitrogens with zero attached hydrogens (tertiary/aromatic N) is 5. The molecule has 40 heavy (non-hydrogen) atoms. The van der Waals surface area contributed by atoms with Crippen molar-refractivity contribution in [3.63, 3.8) is 0 Å². The topological polar surface area (TPSA) is 93.0 Å². The SMILES string of the molecule is Cc1cc(S(=O)(=O)C2CC3(CCN(C)CC3)C2)ccc1Nc1ncc(C(F)(F)F)c(-c2cnn(C(F)(F)F)c2)n1. The molecule has 0 amide bonds. The van der Waals surface area contributed by atoms with E-state index in [4.69, 9.17) is 0 Å². The summed E-state index contributed by atoms with van der Waals surface area (Å²) in [6.45, 7) is 3.52. The van der Waals surface area contributed by atoms with Crippen LogP contribution in [0.25, 0.3) is 11.3 Å². The fraction of sp³-hybridized carbons (Fsp3) is 0.480. The lowest BCUT2D eigenvalue weighted by atomic mass is 9.63. The standard InChI is InChI=1S/C25H26F6N6O2S/c1-15-9-17(40(38,39)18-10-23(11-18)5-7-36(2)8-6-23)3-4-20(15)34-22-32-13-19(24(26,27)28)21(35-22)16-12-33-37(14-16)25(29,30)31/h3-4,9,12-14,18H,5-8,10-11H2,1-2H3,(H,32,34,35). The van der Waals surface area contributed by atoms with Gasteiger partial charge in [-0.1, -0.05) is 0 Å². The lowest BCUT2D eigenvalue weighted by Crippen LogP contribution is -2.50. The van der Waals surface area contributed by atoms with E-state index in [1.54, 1.807) is 6.92 Å². The molecule has 1 saturated heterocycles. The molecule has 3 heterocycles. The maximum Gasteiger partial charge on any atom is 0.504 e. The van der Waals surface area contributed by atoms with Crippen molar-refractivity contribution in [2.75, 3.05) is 25.5 Å². The number of benzene rings is 1. The molecule has 0 atom stereocenters. The summed E-state index contributed by atoms with van der Waals surface area (Å²) in [5, 5.41) is 5.37. The maximum atomic E-state index is 13.6. The number of rotatable bonds is 5. The zero-order valence-electron chi connectivity index (χ0n) is 21.5. The number of aromatic nitrogens is 4. The first-order valence-corrected chi connectivity index (χ1v) is 14.0. The first kappa shape index (κ1) is 28.3. The van der Waals surface area contributed by atoms with Crippen molar-refractivity contribution < 1.29 is 34.8 Å². The molecule has 1 aliphatic carbocycles. The largest absolute Gasteiger partial charge is 0.504 e. The number of hydrogen-bond donors (Lipinski definition) is 1. The molecule has 1 aliphatic heterocycles. The van der Waals surface area contributed by atoms with Gasteiger partial charge < -0.3 is 10.2 Å². The number of likely N-dealkylation sites (tertiary alicyclic amines) is 1. The monoisotopic (exact) mass is 588 g/mol. The predicted octanol–water partition coefficient (Wildman–Crippen LogP) is 5.54. The van der Waals surface area contributed by atoms with Gasteiger partial charge in [-0.2, -0.15) is 23.0 Å². The van der Waals surface area contributed by atoms with Gasteiger partial charge >= 0.3 is 12.5 Å². The molecule has 2 fully saturated rings. The molecule has 0 radical (unpaired) electrons. The number of sulfone groups is 1. The Morgan fingerprint density at radius 2 is 1.73 bits per heavy atom. The molecule has 0 unspecified atom stereocenters. The van der Waals surface area contributed by atoms with Crippen molar-refractivity contribution in [1.29, 1.82) is 0 Å². The summed E-state index contributed by atoms with van der Waals surface area (Å²) in [5.74, 6) is -0.315. The van der Waals surface area contributed by atoms with E-state index in [9.17, 15) is 34.8 Å². The molecule has 1 N–H and O–H groups in total. The number of nitrogens with one attached hydrogen (secondary N) is 1. The number of anilines is 2. The summed E-state index contributed by atoms with van der Waals surface area (Å²) < 4.78 is 106. The van der Waals surface area contributed by atoms with Crippen molar-refractivity contribution in [2.45, 2.75) is 55.2 Å². The summed E-state index contributed by atoms with van der Waals surface area (Å²) in [4.78, 5) is 9.90. The first-order valence-electron chi connectivity index (χ1n) is 12.4. The highest BCUT2D eigenvalue weighted by atomic mass is 32.2. The second kappa shape index (κ2) is 9.72. The molecular weight excluding hydrogens is 562 g/mol. The third-order valence-corrected chi connectivity index (χ3v) is 9.91. The van der Waals surface area contributed by atoms with Crippen LogP contribution in [0.5, 0.6) is 0 Å². The molecule has 3 aromatic rings. The van der Waals surface area contributed by atoms with Crippen LogP contribution >= 0.6 is 0 Å². The van der Waals surface area contributed by atoms with E-state index in [1.165, 1.54) is 18.2 Å². The van der Waals surface area contributed by atoms with Crippen LogP contribution in [0.15, 0.2) is 41.7 Å². The lowest BCUT2D eigenvalue weighted by molar-refractivity contribution is -0.212. The van der Waals surface area contributed by atoms with Crippen LogP contribution in [0.3, 0.4) is 0 Å². The third-order valence-electron chi connectivity index (χ3n) is 7.79. The van der Waals surface area contributed by atoms with Crippen LogP contribution in [-0.2, 0) is 22.3 Å². The zero-order chi connectivity index (χ0) is 29.1. The summed E-state index contributed by atoms with van der Waals surface area (Å²) in [7, 11) is -1.52. The van der Waals surface area contributed by atoms with Gasteiger partial charge in [-0.25, -0.2) is 18.4 Å². The highest BCUT2D eigenvalue weighted by molar-refractivity contribution is 7.92. The van der Waals surface area contributed by atoms with Gasteiger partial charge in [0.1, 0.15) is 5.56 Å². The van der Waals surface area contributed by atoms with Crippen molar-refractivity contribution in [2.24, 2.45) is 5.41 Å². The van der Waals surface area contributed by atoms with Crippen LogP contribution in [0.4, 0.5) is 38.0 Å². The van der Waals surface area contributed by atoms with Crippen molar-refractivity contribution in [3.05, 3.63) is 47.9 Å². The predicted molar refractivity (Wildman–Crippen MR) is 133 cm³/mol. The van der Waals surface area contributed by atoms with Crippen LogP contribution in [0, 0.1) is 12.3 Å². The second-order valence-electron chi connectivity index (χ2n) is 10.6. The van der Waals surface area contributed by atoms with E-state index in [-0.39, 0.29) is 16.3 Å². The van der Waals surface area contributed by atoms with E-state index in [1.807, 2.05) is 0 Å². The van der Waals surface area contributed by atoms with Gasteiger partial charge in [0.15, 0.2) is 9.84 Å². The Hall–Kier alpha value is -3.20. The van der Waals surface area contributed by atoms with E-state index in [0.717, 1.165) is 25.9 Å². The lowest BCUT2D eigenvalue weighted by Gasteiger charge is -2.51. The number of halogens is 6. The molecule has 2 aliphatic rings. The highest BCUT2D eigenvalue weighted by Crippen LogP contribution is 2.52. The number of alkyl halides is 6. The van der Waals surface area contributed by atoms with Crippen molar-refractivity contribution >= 4 is 21.5 Å². The summed E-state index contributed by atoms with van der Waals surface area (Å²) in [5.41, 5.74) is -1.74. The van der Waals surface area contributed by atoms with Gasteiger partial charge in [0.25, 0.3) is 0 Å².